The zero-order valence-electron chi connectivity index (χ0n) is 4.98. The van der Waals surface area contributed by atoms with Gasteiger partial charge in [0, 0.05) is 13.0 Å². The van der Waals surface area contributed by atoms with E-state index in [9.17, 15) is 4.39 Å². The smallest absolute Gasteiger partial charge is 0.184 e. The van der Waals surface area contributed by atoms with Gasteiger partial charge in [-0.3, -0.25) is 0 Å². The number of halogens is 2. The van der Waals surface area contributed by atoms with E-state index in [1.54, 1.807) is 0 Å². The summed E-state index contributed by atoms with van der Waals surface area (Å²) in [6.07, 6.45) is 5.36. The number of terminal acetylenes is 1. The van der Waals surface area contributed by atoms with Crippen molar-refractivity contribution < 1.29 is 4.39 Å². The summed E-state index contributed by atoms with van der Waals surface area (Å²) < 4.78 is 12.7. The van der Waals surface area contributed by atoms with Crippen molar-refractivity contribution in [2.24, 2.45) is 0 Å². The largest absolute Gasteiger partial charge is 0.312 e. The molecule has 1 nitrogen and oxygen atoms in total. The van der Waals surface area contributed by atoms with Crippen molar-refractivity contribution in [2.75, 3.05) is 13.1 Å². The minimum absolute atomic E-state index is 0. The van der Waals surface area contributed by atoms with Gasteiger partial charge in [0.15, 0.2) is 5.67 Å². The van der Waals surface area contributed by atoms with Crippen LogP contribution < -0.4 is 5.32 Å². The fraction of sp³-hybridized carbons (Fsp3) is 0.667. The monoisotopic (exact) mass is 149 g/mol. The van der Waals surface area contributed by atoms with E-state index in [-0.39, 0.29) is 12.4 Å². The van der Waals surface area contributed by atoms with Gasteiger partial charge < -0.3 is 5.32 Å². The second-order valence-corrected chi connectivity index (χ2v) is 2.04. The Morgan fingerprint density at radius 1 is 1.67 bits per heavy atom. The van der Waals surface area contributed by atoms with Crippen molar-refractivity contribution in [3.63, 3.8) is 0 Å². The van der Waals surface area contributed by atoms with Crippen LogP contribution in [0.15, 0.2) is 0 Å². The van der Waals surface area contributed by atoms with E-state index in [2.05, 4.69) is 11.2 Å². The highest BCUT2D eigenvalue weighted by Crippen LogP contribution is 2.17. The molecule has 1 saturated heterocycles. The summed E-state index contributed by atoms with van der Waals surface area (Å²) >= 11 is 0. The average Bonchev–Trinajstić information content (AvgIpc) is 2.17. The molecule has 3 heteroatoms. The molecule has 9 heavy (non-hydrogen) atoms. The minimum atomic E-state index is -1.35. The summed E-state index contributed by atoms with van der Waals surface area (Å²) in [6.45, 7) is 1.03. The molecule has 1 atom stereocenters. The minimum Gasteiger partial charge on any atom is -0.312 e. The number of nitrogens with one attached hydrogen (secondary N) is 1. The van der Waals surface area contributed by atoms with E-state index < -0.39 is 5.67 Å². The van der Waals surface area contributed by atoms with Gasteiger partial charge in [0.2, 0.25) is 0 Å². The van der Waals surface area contributed by atoms with Crippen LogP contribution in [-0.2, 0) is 0 Å². The molecule has 1 unspecified atom stereocenters. The zero-order valence-corrected chi connectivity index (χ0v) is 5.80. The van der Waals surface area contributed by atoms with Crippen LogP contribution in [0.2, 0.25) is 0 Å². The van der Waals surface area contributed by atoms with Gasteiger partial charge in [-0.25, -0.2) is 4.39 Å². The lowest BCUT2D eigenvalue weighted by atomic mass is 10.1. The molecule has 1 rings (SSSR count). The number of rotatable bonds is 0. The van der Waals surface area contributed by atoms with Gasteiger partial charge in [-0.15, -0.1) is 18.8 Å². The first-order valence-corrected chi connectivity index (χ1v) is 2.64. The van der Waals surface area contributed by atoms with E-state index in [1.165, 1.54) is 0 Å². The molecule has 0 bridgehead atoms. The van der Waals surface area contributed by atoms with Crippen LogP contribution in [0.25, 0.3) is 0 Å². The van der Waals surface area contributed by atoms with Crippen molar-refractivity contribution in [1.82, 2.24) is 5.32 Å². The molecule has 0 spiro atoms. The summed E-state index contributed by atoms with van der Waals surface area (Å²) in [5, 5.41) is 2.85. The molecule has 0 aromatic carbocycles. The molecular formula is C6H9ClFN. The Kier molecular flexibility index (Phi) is 2.96. The second kappa shape index (κ2) is 3.05. The molecule has 0 radical (unpaired) electrons. The Bertz CT molecular complexity index is 124. The second-order valence-electron chi connectivity index (χ2n) is 2.04. The number of alkyl halides is 1. The van der Waals surface area contributed by atoms with Crippen LogP contribution in [0.1, 0.15) is 6.42 Å². The van der Waals surface area contributed by atoms with Gasteiger partial charge in [-0.05, 0) is 6.54 Å². The SMILES string of the molecule is C#CC1(F)CCNC1.Cl. The Morgan fingerprint density at radius 3 is 2.56 bits per heavy atom. The topological polar surface area (TPSA) is 12.0 Å². The van der Waals surface area contributed by atoms with E-state index in [0.29, 0.717) is 19.5 Å². The van der Waals surface area contributed by atoms with E-state index in [1.807, 2.05) is 0 Å². The van der Waals surface area contributed by atoms with E-state index >= 15 is 0 Å². The number of hydrogen-bond donors (Lipinski definition) is 1. The summed E-state index contributed by atoms with van der Waals surface area (Å²) in [7, 11) is 0. The summed E-state index contributed by atoms with van der Waals surface area (Å²) in [6, 6.07) is 0. The molecule has 0 aliphatic carbocycles. The predicted molar refractivity (Wildman–Crippen MR) is 37.4 cm³/mol. The molecule has 0 aromatic heterocycles. The third-order valence-corrected chi connectivity index (χ3v) is 1.36. The molecule has 1 fully saturated rings. The maximum Gasteiger partial charge on any atom is 0.184 e. The fourth-order valence-electron chi connectivity index (χ4n) is 0.785. The van der Waals surface area contributed by atoms with Crippen LogP contribution in [-0.4, -0.2) is 18.8 Å². The molecule has 1 aliphatic heterocycles. The maximum atomic E-state index is 12.7. The van der Waals surface area contributed by atoms with Crippen LogP contribution in [0, 0.1) is 12.3 Å². The fourth-order valence-corrected chi connectivity index (χ4v) is 0.785. The van der Waals surface area contributed by atoms with Crippen molar-refractivity contribution in [3.8, 4) is 12.3 Å². The highest BCUT2D eigenvalue weighted by molar-refractivity contribution is 5.85. The van der Waals surface area contributed by atoms with E-state index in [4.69, 9.17) is 6.42 Å². The molecule has 0 amide bonds. The first-order valence-electron chi connectivity index (χ1n) is 2.64. The van der Waals surface area contributed by atoms with Crippen LogP contribution in [0.5, 0.6) is 0 Å². The Labute approximate surface area is 60.4 Å². The summed E-state index contributed by atoms with van der Waals surface area (Å²) in [4.78, 5) is 0. The third-order valence-electron chi connectivity index (χ3n) is 1.36. The summed E-state index contributed by atoms with van der Waals surface area (Å²) in [5.41, 5.74) is -1.35. The number of hydrogen-bond acceptors (Lipinski definition) is 1. The maximum absolute atomic E-state index is 12.7. The normalized spacial score (nSPS) is 32.9. The predicted octanol–water partition coefficient (Wildman–Crippen LogP) is 0.743. The highest BCUT2D eigenvalue weighted by Gasteiger charge is 2.30. The lowest BCUT2D eigenvalue weighted by molar-refractivity contribution is 0.272. The standard InChI is InChI=1S/C6H8FN.ClH/c1-2-6(7)3-4-8-5-6;/h1,8H,3-5H2;1H. The Morgan fingerprint density at radius 2 is 2.33 bits per heavy atom. The molecule has 1 heterocycles. The highest BCUT2D eigenvalue weighted by atomic mass is 35.5. The van der Waals surface area contributed by atoms with Gasteiger partial charge in [0.25, 0.3) is 0 Å². The van der Waals surface area contributed by atoms with E-state index in [0.717, 1.165) is 0 Å². The zero-order chi connectivity index (χ0) is 6.04. The lowest BCUT2D eigenvalue weighted by Gasteiger charge is -2.06. The molecule has 1 N–H and O–H groups in total. The average molecular weight is 150 g/mol. The molecular weight excluding hydrogens is 141 g/mol. The first kappa shape index (κ1) is 8.74. The Balaban J connectivity index is 0.000000640. The quantitative estimate of drug-likeness (QED) is 0.501. The molecule has 52 valence electrons. The van der Waals surface area contributed by atoms with Crippen molar-refractivity contribution in [2.45, 2.75) is 12.1 Å². The molecule has 1 aliphatic rings. The van der Waals surface area contributed by atoms with Crippen LogP contribution in [0.3, 0.4) is 0 Å². The van der Waals surface area contributed by atoms with Crippen LogP contribution in [0.4, 0.5) is 4.39 Å². The van der Waals surface area contributed by atoms with Crippen molar-refractivity contribution in [1.29, 1.82) is 0 Å². The molecule has 0 saturated carbocycles. The molecule has 0 aromatic rings. The van der Waals surface area contributed by atoms with Gasteiger partial charge >= 0.3 is 0 Å². The lowest BCUT2D eigenvalue weighted by Crippen LogP contribution is -2.22. The van der Waals surface area contributed by atoms with Crippen molar-refractivity contribution >= 4 is 12.4 Å². The Hall–Kier alpha value is -0.260. The van der Waals surface area contributed by atoms with Gasteiger partial charge in [0.1, 0.15) is 0 Å². The summed E-state index contributed by atoms with van der Waals surface area (Å²) in [5.74, 6) is 2.11. The van der Waals surface area contributed by atoms with Crippen molar-refractivity contribution in [3.05, 3.63) is 0 Å². The van der Waals surface area contributed by atoms with Gasteiger partial charge in [-0.1, -0.05) is 5.92 Å². The first-order chi connectivity index (χ1) is 3.77. The third kappa shape index (κ3) is 1.85. The van der Waals surface area contributed by atoms with Gasteiger partial charge in [-0.2, -0.15) is 0 Å². The van der Waals surface area contributed by atoms with Gasteiger partial charge in [0.05, 0.1) is 0 Å². The van der Waals surface area contributed by atoms with Crippen LogP contribution >= 0.6 is 12.4 Å².